The van der Waals surface area contributed by atoms with Crippen LogP contribution in [0.1, 0.15) is 17.0 Å². The number of nitriles is 1. The molecular weight excluding hydrogens is 412 g/mol. The summed E-state index contributed by atoms with van der Waals surface area (Å²) < 4.78 is 0. The van der Waals surface area contributed by atoms with E-state index in [-0.39, 0.29) is 5.56 Å². The maximum absolute atomic E-state index is 11.4. The zero-order valence-corrected chi connectivity index (χ0v) is 18.6. The van der Waals surface area contributed by atoms with Crippen molar-refractivity contribution in [2.75, 3.05) is 19.3 Å². The Morgan fingerprint density at radius 2 is 2.03 bits per heavy atom. The van der Waals surface area contributed by atoms with Crippen molar-refractivity contribution in [3.05, 3.63) is 70.2 Å². The predicted octanol–water partition coefficient (Wildman–Crippen LogP) is 2.34. The number of H-pyrrole nitrogens is 2. The molecule has 0 saturated carbocycles. The summed E-state index contributed by atoms with van der Waals surface area (Å²) in [6.07, 6.45) is 5.12. The summed E-state index contributed by atoms with van der Waals surface area (Å²) >= 11 is 1.79. The number of aliphatic imine (C=N–C) groups is 1. The van der Waals surface area contributed by atoms with Gasteiger partial charge in [-0.2, -0.15) is 22.1 Å². The van der Waals surface area contributed by atoms with Crippen molar-refractivity contribution in [1.29, 1.82) is 5.26 Å². The molecule has 2 aromatic heterocycles. The number of thioether (sulfide) groups is 1. The molecule has 0 atom stereocenters. The second kappa shape index (κ2) is 12.9. The van der Waals surface area contributed by atoms with Crippen LogP contribution >= 0.6 is 11.8 Å². The SMILES string of the molecule is CN=C(NC#N)NCCSCc1nc[nH]c1C.Cc1ccc(-c2ccn[nH]c2=O)cc1. The van der Waals surface area contributed by atoms with Gasteiger partial charge in [-0.05, 0) is 25.5 Å². The average Bonchev–Trinajstić information content (AvgIpc) is 3.19. The summed E-state index contributed by atoms with van der Waals surface area (Å²) in [4.78, 5) is 22.5. The molecule has 9 nitrogen and oxygen atoms in total. The minimum Gasteiger partial charge on any atom is -0.355 e. The number of aryl methyl sites for hydroxylation is 2. The Balaban J connectivity index is 0.000000224. The van der Waals surface area contributed by atoms with E-state index in [1.807, 2.05) is 44.3 Å². The number of aromatic nitrogens is 4. The van der Waals surface area contributed by atoms with E-state index in [2.05, 4.69) is 35.8 Å². The molecule has 2 heterocycles. The molecule has 0 saturated heterocycles. The first-order valence-corrected chi connectivity index (χ1v) is 10.7. The van der Waals surface area contributed by atoms with Crippen LogP contribution in [0.25, 0.3) is 11.1 Å². The monoisotopic (exact) mass is 438 g/mol. The quantitative estimate of drug-likeness (QED) is 0.152. The molecular formula is C21H26N8OS. The molecule has 31 heavy (non-hydrogen) atoms. The Labute approximate surface area is 185 Å². The molecule has 3 rings (SSSR count). The zero-order valence-electron chi connectivity index (χ0n) is 17.8. The number of aromatic amines is 2. The molecule has 0 aliphatic carbocycles. The highest BCUT2D eigenvalue weighted by Gasteiger charge is 2.02. The summed E-state index contributed by atoms with van der Waals surface area (Å²) in [5, 5.41) is 20.0. The van der Waals surface area contributed by atoms with Crippen molar-refractivity contribution >= 4 is 17.7 Å². The second-order valence-corrected chi connectivity index (χ2v) is 7.53. The van der Waals surface area contributed by atoms with E-state index in [1.54, 1.807) is 37.4 Å². The third-order valence-electron chi connectivity index (χ3n) is 4.20. The Morgan fingerprint density at radius 1 is 1.26 bits per heavy atom. The van der Waals surface area contributed by atoms with Crippen LogP contribution in [0.15, 0.2) is 52.6 Å². The summed E-state index contributed by atoms with van der Waals surface area (Å²) in [5.74, 6) is 2.32. The van der Waals surface area contributed by atoms with Crippen LogP contribution in [0.3, 0.4) is 0 Å². The van der Waals surface area contributed by atoms with E-state index in [9.17, 15) is 4.79 Å². The van der Waals surface area contributed by atoms with E-state index in [4.69, 9.17) is 5.26 Å². The molecule has 0 bridgehead atoms. The van der Waals surface area contributed by atoms with Gasteiger partial charge >= 0.3 is 0 Å². The molecule has 0 fully saturated rings. The van der Waals surface area contributed by atoms with Crippen LogP contribution in [0.4, 0.5) is 0 Å². The number of benzene rings is 1. The van der Waals surface area contributed by atoms with Crippen molar-refractivity contribution in [2.24, 2.45) is 4.99 Å². The van der Waals surface area contributed by atoms with E-state index >= 15 is 0 Å². The van der Waals surface area contributed by atoms with Crippen LogP contribution in [-0.2, 0) is 5.75 Å². The van der Waals surface area contributed by atoms with Gasteiger partial charge in [-0.15, -0.1) is 0 Å². The number of nitrogens with zero attached hydrogens (tertiary/aromatic N) is 4. The summed E-state index contributed by atoms with van der Waals surface area (Å²) in [7, 11) is 1.63. The van der Waals surface area contributed by atoms with Gasteiger partial charge in [0.1, 0.15) is 0 Å². The van der Waals surface area contributed by atoms with Crippen LogP contribution in [0.2, 0.25) is 0 Å². The first-order chi connectivity index (χ1) is 15.0. The minimum absolute atomic E-state index is 0.156. The second-order valence-electron chi connectivity index (χ2n) is 6.43. The van der Waals surface area contributed by atoms with Crippen molar-refractivity contribution in [1.82, 2.24) is 30.8 Å². The third-order valence-corrected chi connectivity index (χ3v) is 5.17. The number of hydrogen-bond acceptors (Lipinski definition) is 6. The maximum Gasteiger partial charge on any atom is 0.272 e. The Bertz CT molecular complexity index is 1070. The lowest BCUT2D eigenvalue weighted by Crippen LogP contribution is -2.35. The topological polar surface area (TPSA) is 135 Å². The number of rotatable bonds is 6. The highest BCUT2D eigenvalue weighted by Crippen LogP contribution is 2.14. The number of nitrogens with one attached hydrogen (secondary N) is 4. The third kappa shape index (κ3) is 7.98. The average molecular weight is 439 g/mol. The Kier molecular flexibility index (Phi) is 9.84. The Hall–Kier alpha value is -3.58. The van der Waals surface area contributed by atoms with Gasteiger partial charge in [0.2, 0.25) is 5.96 Å². The Morgan fingerprint density at radius 3 is 2.65 bits per heavy atom. The molecule has 162 valence electrons. The van der Waals surface area contributed by atoms with Crippen molar-refractivity contribution in [3.8, 4) is 17.3 Å². The van der Waals surface area contributed by atoms with Gasteiger partial charge in [0.25, 0.3) is 5.56 Å². The molecule has 0 unspecified atom stereocenters. The number of guanidine groups is 1. The van der Waals surface area contributed by atoms with Gasteiger partial charge in [0.05, 0.1) is 12.0 Å². The standard InChI is InChI=1S/C11H10N2O.C10H16N6S/c1-8-2-4-9(5-3-8)10-6-7-12-13-11(10)14;1-8-9(16-7-15-8)5-17-4-3-13-10(12-2)14-6-11/h2-7H,1H3,(H,13,14);7H,3-5H2,1-2H3,(H,15,16)(H2,12,13,14). The fraction of sp³-hybridized carbons (Fsp3) is 0.286. The van der Waals surface area contributed by atoms with Crippen LogP contribution in [0.5, 0.6) is 0 Å². The first kappa shape index (κ1) is 23.7. The van der Waals surface area contributed by atoms with Gasteiger partial charge in [-0.3, -0.25) is 15.1 Å². The fourth-order valence-electron chi connectivity index (χ4n) is 2.48. The van der Waals surface area contributed by atoms with Gasteiger partial charge < -0.3 is 10.3 Å². The molecule has 0 radical (unpaired) electrons. The molecule has 4 N–H and O–H groups in total. The lowest BCUT2D eigenvalue weighted by atomic mass is 10.1. The number of imidazole rings is 1. The molecule has 3 aromatic rings. The summed E-state index contributed by atoms with van der Waals surface area (Å²) in [5.41, 5.74) is 4.80. The van der Waals surface area contributed by atoms with Crippen molar-refractivity contribution in [3.63, 3.8) is 0 Å². The van der Waals surface area contributed by atoms with Gasteiger partial charge in [-0.25, -0.2) is 10.1 Å². The normalized spacial score (nSPS) is 10.6. The largest absolute Gasteiger partial charge is 0.355 e. The van der Waals surface area contributed by atoms with E-state index < -0.39 is 0 Å². The van der Waals surface area contributed by atoms with Crippen molar-refractivity contribution in [2.45, 2.75) is 19.6 Å². The van der Waals surface area contributed by atoms with Crippen LogP contribution in [-0.4, -0.2) is 45.5 Å². The van der Waals surface area contributed by atoms with E-state index in [0.29, 0.717) is 11.5 Å². The van der Waals surface area contributed by atoms with Gasteiger partial charge in [0, 0.05) is 42.6 Å². The fourth-order valence-corrected chi connectivity index (χ4v) is 3.35. The summed E-state index contributed by atoms with van der Waals surface area (Å²) in [6.45, 7) is 4.79. The van der Waals surface area contributed by atoms with E-state index in [1.165, 1.54) is 5.56 Å². The van der Waals surface area contributed by atoms with Crippen molar-refractivity contribution < 1.29 is 0 Å². The van der Waals surface area contributed by atoms with Crippen LogP contribution < -0.4 is 16.2 Å². The zero-order chi connectivity index (χ0) is 22.5. The van der Waals surface area contributed by atoms with Gasteiger partial charge in [0.15, 0.2) is 6.19 Å². The molecule has 0 amide bonds. The molecule has 10 heteroatoms. The molecule has 0 aliphatic rings. The van der Waals surface area contributed by atoms with E-state index in [0.717, 1.165) is 35.0 Å². The first-order valence-electron chi connectivity index (χ1n) is 9.58. The highest BCUT2D eigenvalue weighted by molar-refractivity contribution is 7.98. The van der Waals surface area contributed by atoms with Gasteiger partial charge in [-0.1, -0.05) is 29.8 Å². The smallest absolute Gasteiger partial charge is 0.272 e. The maximum atomic E-state index is 11.4. The lowest BCUT2D eigenvalue weighted by Gasteiger charge is -2.06. The molecule has 1 aromatic carbocycles. The number of hydrogen-bond donors (Lipinski definition) is 4. The molecule has 0 spiro atoms. The highest BCUT2D eigenvalue weighted by atomic mass is 32.2. The van der Waals surface area contributed by atoms with Crippen LogP contribution in [0, 0.1) is 25.3 Å². The lowest BCUT2D eigenvalue weighted by molar-refractivity contribution is 0.930. The predicted molar refractivity (Wildman–Crippen MR) is 125 cm³/mol. The minimum atomic E-state index is -0.156. The molecule has 0 aliphatic heterocycles. The summed E-state index contributed by atoms with van der Waals surface area (Å²) in [6, 6.07) is 9.54.